The fourth-order valence-corrected chi connectivity index (χ4v) is 3.80. The molecule has 1 aromatic heterocycles. The molecule has 7 heteroatoms. The van der Waals surface area contributed by atoms with Gasteiger partial charge in [-0.05, 0) is 64.8 Å². The van der Waals surface area contributed by atoms with Crippen LogP contribution >= 0.6 is 15.9 Å². The molecule has 1 fully saturated rings. The predicted molar refractivity (Wildman–Crippen MR) is 121 cm³/mol. The van der Waals surface area contributed by atoms with Crippen molar-refractivity contribution in [1.82, 2.24) is 4.98 Å². The summed E-state index contributed by atoms with van der Waals surface area (Å²) >= 11 is 3.33. The zero-order chi connectivity index (χ0) is 22.0. The van der Waals surface area contributed by atoms with Gasteiger partial charge in [0.15, 0.2) is 0 Å². The summed E-state index contributed by atoms with van der Waals surface area (Å²) in [4.78, 5) is 31.7. The van der Waals surface area contributed by atoms with Crippen LogP contribution < -0.4 is 9.64 Å². The summed E-state index contributed by atoms with van der Waals surface area (Å²) in [7, 11) is 0. The Morgan fingerprint density at radius 1 is 1.06 bits per heavy atom. The fraction of sp³-hybridized carbons (Fsp3) is 0.125. The van der Waals surface area contributed by atoms with Gasteiger partial charge < -0.3 is 9.84 Å². The Morgan fingerprint density at radius 3 is 2.39 bits per heavy atom. The van der Waals surface area contributed by atoms with Crippen LogP contribution in [0.4, 0.5) is 5.82 Å². The molecule has 4 rings (SSSR count). The summed E-state index contributed by atoms with van der Waals surface area (Å²) in [6, 6.07) is 18.5. The topological polar surface area (TPSA) is 79.7 Å². The number of pyridine rings is 1. The molecule has 0 bridgehead atoms. The number of hydrogen-bond acceptors (Lipinski definition) is 5. The molecule has 1 atom stereocenters. The second-order valence-electron chi connectivity index (χ2n) is 6.87. The number of benzene rings is 2. The molecule has 2 heterocycles. The smallest absolute Gasteiger partial charge is 0.301 e. The first-order valence-electron chi connectivity index (χ1n) is 9.72. The van der Waals surface area contributed by atoms with Crippen molar-refractivity contribution >= 4 is 39.2 Å². The summed E-state index contributed by atoms with van der Waals surface area (Å²) in [5, 5.41) is 11.1. The van der Waals surface area contributed by atoms with Crippen LogP contribution in [0.3, 0.4) is 0 Å². The first kappa shape index (κ1) is 20.8. The zero-order valence-electron chi connectivity index (χ0n) is 16.7. The summed E-state index contributed by atoms with van der Waals surface area (Å²) in [5.41, 5.74) is 1.13. The molecule has 3 aromatic rings. The highest BCUT2D eigenvalue weighted by Gasteiger charge is 2.47. The van der Waals surface area contributed by atoms with Crippen molar-refractivity contribution in [2.24, 2.45) is 0 Å². The van der Waals surface area contributed by atoms with Crippen molar-refractivity contribution in [3.63, 3.8) is 0 Å². The average Bonchev–Trinajstić information content (AvgIpc) is 3.06. The highest BCUT2D eigenvalue weighted by Crippen LogP contribution is 2.41. The summed E-state index contributed by atoms with van der Waals surface area (Å²) in [5.74, 6) is -0.765. The van der Waals surface area contributed by atoms with Crippen molar-refractivity contribution in [3.05, 3.63) is 94.1 Å². The number of aliphatic hydroxyl groups is 1. The molecule has 1 saturated heterocycles. The van der Waals surface area contributed by atoms with Crippen LogP contribution in [0.2, 0.25) is 0 Å². The van der Waals surface area contributed by atoms with Gasteiger partial charge in [0.2, 0.25) is 0 Å². The fourth-order valence-electron chi connectivity index (χ4n) is 3.56. The number of carbonyl (C=O) groups is 2. The normalized spacial score (nSPS) is 17.7. The number of nitrogens with zero attached hydrogens (tertiary/aromatic N) is 2. The SMILES string of the molecule is CCOc1ccc(/C(O)=C2\C(=O)C(=O)N(c3ccc(Br)cn3)C2c2ccccc2)cc1. The number of rotatable bonds is 5. The van der Waals surface area contributed by atoms with Gasteiger partial charge in [0.05, 0.1) is 18.2 Å². The number of aromatic nitrogens is 1. The van der Waals surface area contributed by atoms with Gasteiger partial charge in [0, 0.05) is 16.2 Å². The lowest BCUT2D eigenvalue weighted by molar-refractivity contribution is -0.132. The molecule has 156 valence electrons. The van der Waals surface area contributed by atoms with Gasteiger partial charge in [-0.2, -0.15) is 0 Å². The van der Waals surface area contributed by atoms with E-state index in [0.29, 0.717) is 29.3 Å². The molecular formula is C24H19BrN2O4. The van der Waals surface area contributed by atoms with Gasteiger partial charge in [-0.15, -0.1) is 0 Å². The third kappa shape index (κ3) is 3.96. The first-order valence-corrected chi connectivity index (χ1v) is 10.5. The second kappa shape index (κ2) is 8.73. The number of Topliss-reactive ketones (excluding diaryl/α,β-unsaturated/α-hetero) is 1. The first-order chi connectivity index (χ1) is 15.0. The number of ether oxygens (including phenoxy) is 1. The lowest BCUT2D eigenvalue weighted by atomic mass is 9.95. The van der Waals surface area contributed by atoms with Crippen LogP contribution in [0.15, 0.2) is 83.0 Å². The van der Waals surface area contributed by atoms with E-state index in [2.05, 4.69) is 20.9 Å². The number of aliphatic hydroxyl groups excluding tert-OH is 1. The Balaban J connectivity index is 1.87. The largest absolute Gasteiger partial charge is 0.507 e. The lowest BCUT2D eigenvalue weighted by Crippen LogP contribution is -2.30. The Hall–Kier alpha value is -3.45. The quantitative estimate of drug-likeness (QED) is 0.321. The molecule has 0 spiro atoms. The molecule has 0 saturated carbocycles. The van der Waals surface area contributed by atoms with Crippen molar-refractivity contribution in [2.75, 3.05) is 11.5 Å². The van der Waals surface area contributed by atoms with Crippen LogP contribution in [-0.2, 0) is 9.59 Å². The van der Waals surface area contributed by atoms with Gasteiger partial charge in [-0.25, -0.2) is 4.98 Å². The van der Waals surface area contributed by atoms with Crippen LogP contribution in [0, 0.1) is 0 Å². The van der Waals surface area contributed by atoms with Crippen LogP contribution in [0.25, 0.3) is 5.76 Å². The number of carbonyl (C=O) groups excluding carboxylic acids is 2. The van der Waals surface area contributed by atoms with E-state index in [4.69, 9.17) is 4.74 Å². The Bertz CT molecular complexity index is 1140. The zero-order valence-corrected chi connectivity index (χ0v) is 18.2. The molecule has 1 aliphatic heterocycles. The minimum Gasteiger partial charge on any atom is -0.507 e. The molecule has 1 N–H and O–H groups in total. The van der Waals surface area contributed by atoms with E-state index in [1.165, 1.54) is 4.90 Å². The highest BCUT2D eigenvalue weighted by atomic mass is 79.9. The van der Waals surface area contributed by atoms with Crippen molar-refractivity contribution in [3.8, 4) is 5.75 Å². The summed E-state index contributed by atoms with van der Waals surface area (Å²) in [6.07, 6.45) is 1.56. The molecule has 6 nitrogen and oxygen atoms in total. The maximum absolute atomic E-state index is 13.1. The average molecular weight is 479 g/mol. The Labute approximate surface area is 187 Å². The maximum atomic E-state index is 13.1. The summed E-state index contributed by atoms with van der Waals surface area (Å²) in [6.45, 7) is 2.40. The van der Waals surface area contributed by atoms with E-state index >= 15 is 0 Å². The van der Waals surface area contributed by atoms with Crippen LogP contribution in [0.1, 0.15) is 24.1 Å². The van der Waals surface area contributed by atoms with E-state index in [1.807, 2.05) is 37.3 Å². The number of hydrogen-bond donors (Lipinski definition) is 1. The van der Waals surface area contributed by atoms with E-state index in [0.717, 1.165) is 4.47 Å². The number of anilines is 1. The number of amides is 1. The molecular weight excluding hydrogens is 460 g/mol. The van der Waals surface area contributed by atoms with E-state index in [-0.39, 0.29) is 11.3 Å². The van der Waals surface area contributed by atoms with Crippen LogP contribution in [0.5, 0.6) is 5.75 Å². The molecule has 0 radical (unpaired) electrons. The molecule has 31 heavy (non-hydrogen) atoms. The predicted octanol–water partition coefficient (Wildman–Crippen LogP) is 4.87. The molecule has 1 amide bonds. The molecule has 1 unspecified atom stereocenters. The number of ketones is 1. The van der Waals surface area contributed by atoms with Crippen molar-refractivity contribution in [1.29, 1.82) is 0 Å². The third-order valence-corrected chi connectivity index (χ3v) is 5.43. The lowest BCUT2D eigenvalue weighted by Gasteiger charge is -2.24. The van der Waals surface area contributed by atoms with Gasteiger partial charge in [0.1, 0.15) is 17.3 Å². The Morgan fingerprint density at radius 2 is 1.77 bits per heavy atom. The number of halogens is 1. The summed E-state index contributed by atoms with van der Waals surface area (Å²) < 4.78 is 6.19. The van der Waals surface area contributed by atoms with Gasteiger partial charge in [-0.3, -0.25) is 14.5 Å². The Kier molecular flexibility index (Phi) is 5.86. The monoisotopic (exact) mass is 478 g/mol. The standard InChI is InChI=1S/C24H19BrN2O4/c1-2-31-18-11-8-16(9-12-18)22(28)20-21(15-6-4-3-5-7-15)27(24(30)23(20)29)19-13-10-17(25)14-26-19/h3-14,21,28H,2H2,1H3/b22-20+. The van der Waals surface area contributed by atoms with E-state index in [9.17, 15) is 14.7 Å². The minimum atomic E-state index is -0.804. The molecule has 0 aliphatic carbocycles. The van der Waals surface area contributed by atoms with E-state index < -0.39 is 17.7 Å². The third-order valence-electron chi connectivity index (χ3n) is 4.96. The van der Waals surface area contributed by atoms with Crippen molar-refractivity contribution < 1.29 is 19.4 Å². The highest BCUT2D eigenvalue weighted by molar-refractivity contribution is 9.10. The van der Waals surface area contributed by atoms with Crippen LogP contribution in [-0.4, -0.2) is 28.4 Å². The van der Waals surface area contributed by atoms with Gasteiger partial charge >= 0.3 is 5.91 Å². The molecule has 1 aliphatic rings. The molecule has 2 aromatic carbocycles. The maximum Gasteiger partial charge on any atom is 0.301 e. The second-order valence-corrected chi connectivity index (χ2v) is 7.79. The van der Waals surface area contributed by atoms with Crippen molar-refractivity contribution in [2.45, 2.75) is 13.0 Å². The minimum absolute atomic E-state index is 0.0186. The van der Waals surface area contributed by atoms with Gasteiger partial charge in [-0.1, -0.05) is 30.3 Å². The van der Waals surface area contributed by atoms with E-state index in [1.54, 1.807) is 42.6 Å². The van der Waals surface area contributed by atoms with Gasteiger partial charge in [0.25, 0.3) is 5.78 Å².